The molecule has 0 saturated carbocycles. The second-order valence-electron chi connectivity index (χ2n) is 7.19. The molecule has 1 N–H and O–H groups in total. The van der Waals surface area contributed by atoms with Crippen molar-refractivity contribution in [3.05, 3.63) is 88.4 Å². The summed E-state index contributed by atoms with van der Waals surface area (Å²) in [4.78, 5) is 23.8. The third kappa shape index (κ3) is 5.13. The Morgan fingerprint density at radius 3 is 2.41 bits per heavy atom. The Bertz CT molecular complexity index is 1020. The summed E-state index contributed by atoms with van der Waals surface area (Å²) in [6, 6.07) is 16.3. The van der Waals surface area contributed by atoms with Gasteiger partial charge in [-0.1, -0.05) is 23.8 Å². The van der Waals surface area contributed by atoms with Gasteiger partial charge in [0.25, 0.3) is 5.91 Å². The molecule has 150 valence electrons. The molecule has 0 bridgehead atoms. The third-order valence-corrected chi connectivity index (χ3v) is 4.77. The highest BCUT2D eigenvalue weighted by Crippen LogP contribution is 2.20. The molecule has 0 aliphatic heterocycles. The highest BCUT2D eigenvalue weighted by atomic mass is 16.5. The fourth-order valence-corrected chi connectivity index (χ4v) is 3.17. The SMILES string of the molecule is CC(=O)c1ccc(OCc2ccc(C(=O)NC(C)c3ccc(C)cc3C)o2)cc1. The predicted octanol–water partition coefficient (Wildman–Crippen LogP) is 5.17. The lowest BCUT2D eigenvalue weighted by Gasteiger charge is -2.16. The minimum atomic E-state index is -0.269. The molecule has 0 saturated heterocycles. The van der Waals surface area contributed by atoms with Crippen LogP contribution >= 0.6 is 0 Å². The van der Waals surface area contributed by atoms with E-state index in [9.17, 15) is 9.59 Å². The van der Waals surface area contributed by atoms with Crippen molar-refractivity contribution in [2.24, 2.45) is 0 Å². The van der Waals surface area contributed by atoms with Crippen molar-refractivity contribution in [1.29, 1.82) is 0 Å². The topological polar surface area (TPSA) is 68.5 Å². The Morgan fingerprint density at radius 1 is 1.03 bits per heavy atom. The van der Waals surface area contributed by atoms with Crippen LogP contribution in [0.2, 0.25) is 0 Å². The number of amides is 1. The Balaban J connectivity index is 1.58. The van der Waals surface area contributed by atoms with E-state index in [1.165, 1.54) is 12.5 Å². The Hall–Kier alpha value is -3.34. The van der Waals surface area contributed by atoms with Gasteiger partial charge in [-0.25, -0.2) is 0 Å². The summed E-state index contributed by atoms with van der Waals surface area (Å²) in [5.74, 6) is 1.15. The van der Waals surface area contributed by atoms with Gasteiger partial charge in [0, 0.05) is 5.56 Å². The average molecular weight is 391 g/mol. The molecule has 5 heteroatoms. The first kappa shape index (κ1) is 20.4. The molecule has 0 radical (unpaired) electrons. The van der Waals surface area contributed by atoms with Gasteiger partial charge in [0.2, 0.25) is 0 Å². The Labute approximate surface area is 170 Å². The van der Waals surface area contributed by atoms with Crippen molar-refractivity contribution in [2.45, 2.75) is 40.3 Å². The van der Waals surface area contributed by atoms with Gasteiger partial charge in [0.05, 0.1) is 6.04 Å². The Kier molecular flexibility index (Phi) is 6.17. The third-order valence-electron chi connectivity index (χ3n) is 4.77. The number of rotatable bonds is 7. The van der Waals surface area contributed by atoms with Crippen LogP contribution in [0.25, 0.3) is 0 Å². The van der Waals surface area contributed by atoms with Gasteiger partial charge in [-0.05, 0) is 75.2 Å². The summed E-state index contributed by atoms with van der Waals surface area (Å²) in [7, 11) is 0. The van der Waals surface area contributed by atoms with E-state index in [0.717, 1.165) is 11.1 Å². The first-order valence-electron chi connectivity index (χ1n) is 9.54. The quantitative estimate of drug-likeness (QED) is 0.564. The molecule has 29 heavy (non-hydrogen) atoms. The lowest BCUT2D eigenvalue weighted by atomic mass is 10.0. The van der Waals surface area contributed by atoms with Crippen molar-refractivity contribution in [1.82, 2.24) is 5.32 Å². The Morgan fingerprint density at radius 2 is 1.76 bits per heavy atom. The maximum Gasteiger partial charge on any atom is 0.287 e. The second-order valence-corrected chi connectivity index (χ2v) is 7.19. The number of nitrogens with one attached hydrogen (secondary N) is 1. The van der Waals surface area contributed by atoms with E-state index in [-0.39, 0.29) is 30.1 Å². The van der Waals surface area contributed by atoms with Crippen LogP contribution in [-0.4, -0.2) is 11.7 Å². The zero-order valence-electron chi connectivity index (χ0n) is 17.1. The van der Waals surface area contributed by atoms with Crippen LogP contribution in [0.3, 0.4) is 0 Å². The van der Waals surface area contributed by atoms with Gasteiger partial charge in [0.1, 0.15) is 18.1 Å². The lowest BCUT2D eigenvalue weighted by Crippen LogP contribution is -2.26. The van der Waals surface area contributed by atoms with Crippen molar-refractivity contribution >= 4 is 11.7 Å². The van der Waals surface area contributed by atoms with Crippen molar-refractivity contribution in [3.8, 4) is 5.75 Å². The maximum absolute atomic E-state index is 12.5. The lowest BCUT2D eigenvalue weighted by molar-refractivity contribution is 0.0907. The van der Waals surface area contributed by atoms with Gasteiger partial charge in [0.15, 0.2) is 11.5 Å². The van der Waals surface area contributed by atoms with Crippen LogP contribution in [0.1, 0.15) is 63.3 Å². The minimum Gasteiger partial charge on any atom is -0.486 e. The van der Waals surface area contributed by atoms with Crippen LogP contribution in [0.4, 0.5) is 0 Å². The van der Waals surface area contributed by atoms with Gasteiger partial charge in [-0.15, -0.1) is 0 Å². The van der Waals surface area contributed by atoms with Gasteiger partial charge >= 0.3 is 0 Å². The van der Waals surface area contributed by atoms with E-state index < -0.39 is 0 Å². The first-order valence-corrected chi connectivity index (χ1v) is 9.54. The molecule has 3 aromatic rings. The number of aryl methyl sites for hydroxylation is 2. The molecule has 1 amide bonds. The van der Waals surface area contributed by atoms with E-state index in [1.807, 2.05) is 32.9 Å². The molecule has 1 heterocycles. The number of carbonyl (C=O) groups excluding carboxylic acids is 2. The van der Waals surface area contributed by atoms with Gasteiger partial charge < -0.3 is 14.5 Å². The molecule has 3 rings (SSSR count). The average Bonchev–Trinajstić information content (AvgIpc) is 3.15. The zero-order valence-corrected chi connectivity index (χ0v) is 17.1. The van der Waals surface area contributed by atoms with E-state index in [1.54, 1.807) is 36.4 Å². The molecule has 1 atom stereocenters. The van der Waals surface area contributed by atoms with Gasteiger partial charge in [-0.2, -0.15) is 0 Å². The summed E-state index contributed by atoms with van der Waals surface area (Å²) >= 11 is 0. The molecule has 0 spiro atoms. The molecule has 0 aliphatic rings. The summed E-state index contributed by atoms with van der Waals surface area (Å²) < 4.78 is 11.3. The van der Waals surface area contributed by atoms with Crippen LogP contribution in [0.5, 0.6) is 5.75 Å². The van der Waals surface area contributed by atoms with E-state index in [4.69, 9.17) is 9.15 Å². The zero-order chi connectivity index (χ0) is 21.0. The fourth-order valence-electron chi connectivity index (χ4n) is 3.17. The van der Waals surface area contributed by atoms with E-state index >= 15 is 0 Å². The first-order chi connectivity index (χ1) is 13.8. The summed E-state index contributed by atoms with van der Waals surface area (Å²) in [6.07, 6.45) is 0. The number of furan rings is 1. The molecule has 5 nitrogen and oxygen atoms in total. The minimum absolute atomic E-state index is 0.00768. The summed E-state index contributed by atoms with van der Waals surface area (Å²) in [5.41, 5.74) is 4.04. The molecule has 0 fully saturated rings. The monoisotopic (exact) mass is 391 g/mol. The van der Waals surface area contributed by atoms with E-state index in [0.29, 0.717) is 17.1 Å². The van der Waals surface area contributed by atoms with Gasteiger partial charge in [-0.3, -0.25) is 9.59 Å². The number of hydrogen-bond donors (Lipinski definition) is 1. The molecule has 1 aromatic heterocycles. The molecular formula is C24H25NO4. The normalized spacial score (nSPS) is 11.7. The second kappa shape index (κ2) is 8.78. The molecule has 2 aromatic carbocycles. The van der Waals surface area contributed by atoms with E-state index in [2.05, 4.69) is 11.4 Å². The predicted molar refractivity (Wildman–Crippen MR) is 111 cm³/mol. The largest absolute Gasteiger partial charge is 0.486 e. The van der Waals surface area contributed by atoms with Crippen LogP contribution < -0.4 is 10.1 Å². The number of carbonyl (C=O) groups is 2. The molecule has 0 aliphatic carbocycles. The summed E-state index contributed by atoms with van der Waals surface area (Å²) in [5, 5.41) is 2.97. The van der Waals surface area contributed by atoms with Crippen LogP contribution in [0, 0.1) is 13.8 Å². The highest BCUT2D eigenvalue weighted by molar-refractivity contribution is 5.94. The van der Waals surface area contributed by atoms with Crippen molar-refractivity contribution in [3.63, 3.8) is 0 Å². The number of benzene rings is 2. The highest BCUT2D eigenvalue weighted by Gasteiger charge is 2.16. The molecule has 1 unspecified atom stereocenters. The number of hydrogen-bond acceptors (Lipinski definition) is 4. The van der Waals surface area contributed by atoms with Crippen molar-refractivity contribution < 1.29 is 18.7 Å². The number of ketones is 1. The summed E-state index contributed by atoms with van der Waals surface area (Å²) in [6.45, 7) is 7.75. The number of ether oxygens (including phenoxy) is 1. The maximum atomic E-state index is 12.5. The molecular weight excluding hydrogens is 366 g/mol. The van der Waals surface area contributed by atoms with Crippen molar-refractivity contribution in [2.75, 3.05) is 0 Å². The van der Waals surface area contributed by atoms with Crippen LogP contribution in [-0.2, 0) is 6.61 Å². The number of Topliss-reactive ketones (excluding diaryl/α,β-unsaturated/α-hetero) is 1. The standard InChI is InChI=1S/C24H25NO4/c1-15-5-11-22(16(2)13-15)17(3)25-24(27)23-12-10-21(29-23)14-28-20-8-6-19(7-9-20)18(4)26/h5-13,17H,14H2,1-4H3,(H,25,27). The van der Waals surface area contributed by atoms with Crippen LogP contribution in [0.15, 0.2) is 59.0 Å². The fraction of sp³-hybridized carbons (Fsp3) is 0.250. The smallest absolute Gasteiger partial charge is 0.287 e.